The van der Waals surface area contributed by atoms with Crippen LogP contribution < -0.4 is 5.73 Å². The zero-order chi connectivity index (χ0) is 24.3. The van der Waals surface area contributed by atoms with Gasteiger partial charge in [0.2, 0.25) is 21.3 Å². The number of nitrogens with zero attached hydrogens (tertiary/aromatic N) is 7. The number of aromatic nitrogens is 4. The van der Waals surface area contributed by atoms with Gasteiger partial charge < -0.3 is 10.6 Å². The number of hydrogen-bond donors (Lipinski definition) is 1. The van der Waals surface area contributed by atoms with Gasteiger partial charge in [-0.2, -0.15) is 0 Å². The number of hydrogen-bond acceptors (Lipinski definition) is 10. The second-order valence-electron chi connectivity index (χ2n) is 5.63. The van der Waals surface area contributed by atoms with E-state index >= 15 is 0 Å². The first-order valence-electron chi connectivity index (χ1n) is 8.89. The van der Waals surface area contributed by atoms with Crippen molar-refractivity contribution in [1.29, 1.82) is 0 Å². The first kappa shape index (κ1) is 28.6. The molecule has 12 nitrogen and oxygen atoms in total. The fourth-order valence-electron chi connectivity index (χ4n) is 2.04. The summed E-state index contributed by atoms with van der Waals surface area (Å²) in [6, 6.07) is 0. The molecule has 0 atom stereocenters. The largest absolute Gasteiger partial charge is 0.378 e. The molecule has 2 rings (SSSR count). The van der Waals surface area contributed by atoms with Crippen molar-refractivity contribution in [3.8, 4) is 0 Å². The van der Waals surface area contributed by atoms with Crippen molar-refractivity contribution in [3.05, 3.63) is 47.3 Å². The number of anilines is 1. The van der Waals surface area contributed by atoms with Crippen LogP contribution in [0.1, 0.15) is 32.4 Å². The average molecular weight is 498 g/mol. The normalized spacial score (nSPS) is 9.97. The lowest BCUT2D eigenvalue weighted by atomic mass is 10.5. The van der Waals surface area contributed by atoms with Gasteiger partial charge in [0.15, 0.2) is 0 Å². The van der Waals surface area contributed by atoms with E-state index in [0.29, 0.717) is 11.6 Å². The molecule has 0 unspecified atom stereocenters. The molecule has 0 saturated carbocycles. The number of nitro groups is 2. The molecule has 0 aliphatic heterocycles. The Balaban J connectivity index is 0.000000454. The van der Waals surface area contributed by atoms with Crippen LogP contribution in [0.25, 0.3) is 0 Å². The van der Waals surface area contributed by atoms with Gasteiger partial charge in [-0.3, -0.25) is 20.2 Å². The summed E-state index contributed by atoms with van der Waals surface area (Å²) < 4.78 is 0. The number of nitrogen functional groups attached to an aromatic ring is 1. The van der Waals surface area contributed by atoms with Crippen LogP contribution in [0, 0.1) is 34.1 Å². The van der Waals surface area contributed by atoms with E-state index in [-0.39, 0.29) is 21.3 Å². The summed E-state index contributed by atoms with van der Waals surface area (Å²) in [6.07, 6.45) is 0. The Labute approximate surface area is 194 Å². The van der Waals surface area contributed by atoms with Gasteiger partial charge in [0.1, 0.15) is 11.6 Å². The van der Waals surface area contributed by atoms with Crippen molar-refractivity contribution >= 4 is 52.0 Å². The van der Waals surface area contributed by atoms with E-state index in [1.165, 1.54) is 19.6 Å². The fourth-order valence-corrected chi connectivity index (χ4v) is 2.94. The maximum absolute atomic E-state index is 10.3. The van der Waals surface area contributed by atoms with E-state index in [2.05, 4.69) is 45.6 Å². The molecular weight excluding hydrogens is 475 g/mol. The molecule has 2 aromatic rings. The van der Waals surface area contributed by atoms with Crippen molar-refractivity contribution in [3.63, 3.8) is 0 Å². The smallest absolute Gasteiger partial charge is 0.348 e. The van der Waals surface area contributed by atoms with Crippen LogP contribution in [-0.2, 0) is 0 Å². The summed E-state index contributed by atoms with van der Waals surface area (Å²) in [4.78, 5) is 35.9. The van der Waals surface area contributed by atoms with Crippen LogP contribution >= 0.6 is 34.8 Å². The van der Waals surface area contributed by atoms with Crippen LogP contribution in [-0.4, -0.2) is 54.3 Å². The molecule has 0 aromatic carbocycles. The maximum Gasteiger partial charge on any atom is 0.348 e. The molecule has 31 heavy (non-hydrogen) atoms. The quantitative estimate of drug-likeness (QED) is 0.357. The lowest BCUT2D eigenvalue weighted by Crippen LogP contribution is -2.21. The second kappa shape index (κ2) is 13.8. The summed E-state index contributed by atoms with van der Waals surface area (Å²) >= 11 is 16.4. The molecule has 2 heterocycles. The van der Waals surface area contributed by atoms with E-state index in [0.717, 1.165) is 0 Å². The highest BCUT2D eigenvalue weighted by molar-refractivity contribution is 6.36. The van der Waals surface area contributed by atoms with Crippen LogP contribution in [0.5, 0.6) is 0 Å². The molecule has 0 bridgehead atoms. The maximum atomic E-state index is 10.3. The highest BCUT2D eigenvalue weighted by atomic mass is 35.5. The average Bonchev–Trinajstić information content (AvgIpc) is 2.61. The highest BCUT2D eigenvalue weighted by Crippen LogP contribution is 2.28. The first-order valence-corrected chi connectivity index (χ1v) is 10.0. The topological polar surface area (TPSA) is 167 Å². The summed E-state index contributed by atoms with van der Waals surface area (Å²) in [5.41, 5.74) is 4.35. The molecule has 0 saturated heterocycles. The predicted octanol–water partition coefficient (Wildman–Crippen LogP) is 4.28. The SMILES string of the molecule is CCN(CC)CC.Cc1nc(Cl)c([N+](=O)[O-])c(Cl)n1.Cc1nc(N)c([N+](=O)[O-])c(Cl)n1. The Bertz CT molecular complexity index is 793. The molecule has 172 valence electrons. The van der Waals surface area contributed by atoms with E-state index in [1.54, 1.807) is 13.8 Å². The van der Waals surface area contributed by atoms with E-state index in [1.807, 2.05) is 0 Å². The minimum absolute atomic E-state index is 0.211. The van der Waals surface area contributed by atoms with Crippen LogP contribution in [0.2, 0.25) is 15.5 Å². The summed E-state index contributed by atoms with van der Waals surface area (Å²) in [7, 11) is 0. The predicted molar refractivity (Wildman–Crippen MR) is 120 cm³/mol. The molecule has 2 N–H and O–H groups in total. The highest BCUT2D eigenvalue weighted by Gasteiger charge is 2.21. The lowest BCUT2D eigenvalue weighted by molar-refractivity contribution is -0.385. The summed E-state index contributed by atoms with van der Waals surface area (Å²) in [6.45, 7) is 13.2. The Hall–Kier alpha value is -2.41. The van der Waals surface area contributed by atoms with Crippen molar-refractivity contribution in [1.82, 2.24) is 24.8 Å². The van der Waals surface area contributed by atoms with Gasteiger partial charge in [0.05, 0.1) is 9.85 Å². The van der Waals surface area contributed by atoms with Crippen molar-refractivity contribution in [2.75, 3.05) is 25.4 Å². The minimum Gasteiger partial charge on any atom is -0.378 e. The van der Waals surface area contributed by atoms with E-state index < -0.39 is 21.2 Å². The molecule has 0 amide bonds. The number of nitrogens with two attached hydrogens (primary N) is 1. The van der Waals surface area contributed by atoms with Crippen LogP contribution in [0.4, 0.5) is 17.2 Å². The van der Waals surface area contributed by atoms with Gasteiger partial charge in [0, 0.05) is 0 Å². The van der Waals surface area contributed by atoms with Gasteiger partial charge in [-0.15, -0.1) is 0 Å². The Morgan fingerprint density at radius 3 is 1.35 bits per heavy atom. The molecule has 2 aromatic heterocycles. The molecular formula is C16H23Cl3N8O4. The summed E-state index contributed by atoms with van der Waals surface area (Å²) in [5, 5.41) is 19.9. The Kier molecular flexibility index (Phi) is 12.7. The fraction of sp³-hybridized carbons (Fsp3) is 0.500. The lowest BCUT2D eigenvalue weighted by Gasteiger charge is -2.13. The summed E-state index contributed by atoms with van der Waals surface area (Å²) in [5.74, 6) is 0.399. The molecule has 0 spiro atoms. The Morgan fingerprint density at radius 2 is 1.10 bits per heavy atom. The molecule has 0 aliphatic rings. The monoisotopic (exact) mass is 496 g/mol. The minimum atomic E-state index is -0.718. The third-order valence-corrected chi connectivity index (χ3v) is 4.39. The molecule has 15 heteroatoms. The molecule has 0 fully saturated rings. The zero-order valence-electron chi connectivity index (χ0n) is 17.6. The van der Waals surface area contributed by atoms with E-state index in [4.69, 9.17) is 40.5 Å². The molecule has 0 aliphatic carbocycles. The number of halogens is 3. The van der Waals surface area contributed by atoms with Crippen molar-refractivity contribution < 1.29 is 9.85 Å². The number of aryl methyl sites for hydroxylation is 2. The van der Waals surface area contributed by atoms with Gasteiger partial charge in [-0.25, -0.2) is 19.9 Å². The first-order chi connectivity index (χ1) is 14.4. The Morgan fingerprint density at radius 1 is 0.774 bits per heavy atom. The standard InChI is InChI=1S/C6H15N.C5H3Cl2N3O2.C5H5ClN4O2/c1-4-7(5-2)6-3;2*1-2-8-4(6)3(10(11)12)5(7)9-2/h4-6H2,1-3H3;1H3;1H3,(H2,7,8,9). The van der Waals surface area contributed by atoms with Gasteiger partial charge in [0.25, 0.3) is 0 Å². The van der Waals surface area contributed by atoms with E-state index in [9.17, 15) is 20.2 Å². The molecule has 0 radical (unpaired) electrons. The van der Waals surface area contributed by atoms with Gasteiger partial charge in [-0.1, -0.05) is 55.6 Å². The van der Waals surface area contributed by atoms with Crippen LogP contribution in [0.3, 0.4) is 0 Å². The number of rotatable bonds is 5. The van der Waals surface area contributed by atoms with Crippen LogP contribution in [0.15, 0.2) is 0 Å². The second-order valence-corrected chi connectivity index (χ2v) is 6.70. The third-order valence-electron chi connectivity index (χ3n) is 3.60. The van der Waals surface area contributed by atoms with Gasteiger partial charge in [-0.05, 0) is 33.5 Å². The third kappa shape index (κ3) is 9.51. The zero-order valence-corrected chi connectivity index (χ0v) is 19.9. The van der Waals surface area contributed by atoms with Gasteiger partial charge >= 0.3 is 11.4 Å². The van der Waals surface area contributed by atoms with Crippen molar-refractivity contribution in [2.24, 2.45) is 0 Å². The van der Waals surface area contributed by atoms with Crippen molar-refractivity contribution in [2.45, 2.75) is 34.6 Å².